The Morgan fingerprint density at radius 2 is 1.79 bits per heavy atom. The van der Waals surface area contributed by atoms with Crippen molar-refractivity contribution in [3.63, 3.8) is 0 Å². The average Bonchev–Trinajstić information content (AvgIpc) is 3.37. The summed E-state index contributed by atoms with van der Waals surface area (Å²) < 4.78 is 1.92. The second-order valence-electron chi connectivity index (χ2n) is 8.26. The minimum atomic E-state index is 0. The number of fused-ring (bicyclic) bond motifs is 1. The summed E-state index contributed by atoms with van der Waals surface area (Å²) in [5, 5.41) is 11.0. The summed E-state index contributed by atoms with van der Waals surface area (Å²) in [6.07, 6.45) is 6.02. The van der Waals surface area contributed by atoms with Gasteiger partial charge in [-0.05, 0) is 41.2 Å². The van der Waals surface area contributed by atoms with Crippen LogP contribution in [0.2, 0.25) is 0 Å². The highest BCUT2D eigenvalue weighted by molar-refractivity contribution is 14.0. The van der Waals surface area contributed by atoms with Crippen molar-refractivity contribution >= 4 is 35.8 Å². The molecule has 1 aliphatic rings. The third kappa shape index (κ3) is 7.06. The van der Waals surface area contributed by atoms with E-state index in [-0.39, 0.29) is 29.9 Å². The fourth-order valence-electron chi connectivity index (χ4n) is 4.17. The van der Waals surface area contributed by atoms with Gasteiger partial charge in [-0.1, -0.05) is 48.5 Å². The Balaban J connectivity index is 0.00000324. The van der Waals surface area contributed by atoms with E-state index in [0.29, 0.717) is 19.5 Å². The maximum Gasteiger partial charge on any atom is 0.222 e. The lowest BCUT2D eigenvalue weighted by atomic mass is 9.99. The summed E-state index contributed by atoms with van der Waals surface area (Å²) in [7, 11) is 1.77. The van der Waals surface area contributed by atoms with Gasteiger partial charge in [0.2, 0.25) is 5.91 Å². The number of amides is 1. The van der Waals surface area contributed by atoms with E-state index in [1.807, 2.05) is 40.0 Å². The molecular formula is C26H33IN6O. The molecule has 1 aromatic heterocycles. The maximum absolute atomic E-state index is 12.6. The number of carbonyl (C=O) groups is 1. The van der Waals surface area contributed by atoms with Gasteiger partial charge in [0.1, 0.15) is 0 Å². The van der Waals surface area contributed by atoms with E-state index in [0.717, 1.165) is 38.4 Å². The molecule has 7 nitrogen and oxygen atoms in total. The number of rotatable bonds is 8. The molecule has 3 aromatic rings. The van der Waals surface area contributed by atoms with Gasteiger partial charge in [0.25, 0.3) is 0 Å². The minimum absolute atomic E-state index is 0. The van der Waals surface area contributed by atoms with Crippen LogP contribution in [-0.2, 0) is 30.8 Å². The van der Waals surface area contributed by atoms with Crippen molar-refractivity contribution in [1.29, 1.82) is 0 Å². The summed E-state index contributed by atoms with van der Waals surface area (Å²) in [6.45, 7) is 3.64. The first kappa shape index (κ1) is 25.7. The molecule has 0 saturated heterocycles. The van der Waals surface area contributed by atoms with Crippen LogP contribution in [0.15, 0.2) is 72.0 Å². The van der Waals surface area contributed by atoms with Crippen molar-refractivity contribution in [2.24, 2.45) is 4.99 Å². The van der Waals surface area contributed by atoms with Crippen LogP contribution < -0.4 is 10.6 Å². The predicted molar refractivity (Wildman–Crippen MR) is 146 cm³/mol. The highest BCUT2D eigenvalue weighted by atomic mass is 127. The molecular weight excluding hydrogens is 539 g/mol. The Morgan fingerprint density at radius 1 is 1.03 bits per heavy atom. The maximum atomic E-state index is 12.6. The van der Waals surface area contributed by atoms with Crippen molar-refractivity contribution < 1.29 is 4.79 Å². The van der Waals surface area contributed by atoms with E-state index >= 15 is 0 Å². The van der Waals surface area contributed by atoms with Gasteiger partial charge in [0.05, 0.1) is 6.54 Å². The highest BCUT2D eigenvalue weighted by Crippen LogP contribution is 2.19. The van der Waals surface area contributed by atoms with Gasteiger partial charge in [0, 0.05) is 52.0 Å². The standard InChI is InChI=1S/C26H32N6O.HI/c1-27-26(29-18-22-9-3-5-11-24(22)20-32-16-7-15-30-32)28-14-6-12-25(33)31-17-13-21-8-2-4-10-23(21)19-31;/h2-5,7-11,15-16H,6,12-14,17-20H2,1H3,(H2,27,28,29);1H. The predicted octanol–water partition coefficient (Wildman–Crippen LogP) is 3.58. The molecule has 0 spiro atoms. The van der Waals surface area contributed by atoms with Crippen LogP contribution in [-0.4, -0.2) is 46.7 Å². The molecule has 0 unspecified atom stereocenters. The van der Waals surface area contributed by atoms with Crippen molar-refractivity contribution in [3.05, 3.63) is 89.2 Å². The fourth-order valence-corrected chi connectivity index (χ4v) is 4.17. The molecule has 180 valence electrons. The van der Waals surface area contributed by atoms with Gasteiger partial charge >= 0.3 is 0 Å². The van der Waals surface area contributed by atoms with Gasteiger partial charge in [-0.15, -0.1) is 24.0 Å². The molecule has 1 aliphatic heterocycles. The van der Waals surface area contributed by atoms with E-state index in [1.165, 1.54) is 22.3 Å². The molecule has 0 aliphatic carbocycles. The van der Waals surface area contributed by atoms with E-state index in [4.69, 9.17) is 0 Å². The molecule has 8 heteroatoms. The molecule has 2 aromatic carbocycles. The Hall–Kier alpha value is -2.88. The zero-order chi connectivity index (χ0) is 22.9. The van der Waals surface area contributed by atoms with E-state index in [1.54, 1.807) is 13.2 Å². The lowest BCUT2D eigenvalue weighted by Gasteiger charge is -2.29. The second-order valence-corrected chi connectivity index (χ2v) is 8.26. The van der Waals surface area contributed by atoms with Crippen molar-refractivity contribution in [1.82, 2.24) is 25.3 Å². The van der Waals surface area contributed by atoms with E-state index in [2.05, 4.69) is 51.1 Å². The largest absolute Gasteiger partial charge is 0.356 e. The monoisotopic (exact) mass is 572 g/mol. The van der Waals surface area contributed by atoms with Gasteiger partial charge in [-0.2, -0.15) is 5.10 Å². The lowest BCUT2D eigenvalue weighted by molar-refractivity contribution is -0.132. The molecule has 0 bridgehead atoms. The molecule has 2 heterocycles. The third-order valence-electron chi connectivity index (χ3n) is 6.02. The quantitative estimate of drug-likeness (QED) is 0.187. The summed E-state index contributed by atoms with van der Waals surface area (Å²) in [6, 6.07) is 18.7. The Labute approximate surface area is 218 Å². The van der Waals surface area contributed by atoms with Gasteiger partial charge in [-0.25, -0.2) is 0 Å². The number of guanidine groups is 1. The summed E-state index contributed by atoms with van der Waals surface area (Å²) in [5.41, 5.74) is 5.06. The minimum Gasteiger partial charge on any atom is -0.356 e. The summed E-state index contributed by atoms with van der Waals surface area (Å²) in [4.78, 5) is 18.9. The van der Waals surface area contributed by atoms with Crippen molar-refractivity contribution in [2.75, 3.05) is 20.1 Å². The Kier molecular flexibility index (Phi) is 9.93. The SMILES string of the molecule is CN=C(NCCCC(=O)N1CCc2ccccc2C1)NCc1ccccc1Cn1cccn1.I. The van der Waals surface area contributed by atoms with Crippen LogP contribution in [0.1, 0.15) is 35.1 Å². The van der Waals surface area contributed by atoms with Crippen LogP contribution in [0.5, 0.6) is 0 Å². The smallest absolute Gasteiger partial charge is 0.222 e. The molecule has 2 N–H and O–H groups in total. The zero-order valence-corrected chi connectivity index (χ0v) is 21.9. The number of benzene rings is 2. The number of nitrogens with one attached hydrogen (secondary N) is 2. The first-order chi connectivity index (χ1) is 16.2. The van der Waals surface area contributed by atoms with Crippen LogP contribution in [0.3, 0.4) is 0 Å². The fraction of sp³-hybridized carbons (Fsp3) is 0.346. The molecule has 0 radical (unpaired) electrons. The number of hydrogen-bond acceptors (Lipinski definition) is 3. The number of aliphatic imine (C=N–C) groups is 1. The van der Waals surface area contributed by atoms with Gasteiger partial charge in [-0.3, -0.25) is 14.5 Å². The number of carbonyl (C=O) groups excluding carboxylic acids is 1. The lowest BCUT2D eigenvalue weighted by Crippen LogP contribution is -2.39. The zero-order valence-electron chi connectivity index (χ0n) is 19.6. The highest BCUT2D eigenvalue weighted by Gasteiger charge is 2.19. The average molecular weight is 572 g/mol. The Bertz CT molecular complexity index is 1080. The van der Waals surface area contributed by atoms with E-state index in [9.17, 15) is 4.79 Å². The molecule has 1 amide bonds. The van der Waals surface area contributed by atoms with Crippen molar-refractivity contribution in [3.8, 4) is 0 Å². The van der Waals surface area contributed by atoms with Crippen molar-refractivity contribution in [2.45, 2.75) is 38.9 Å². The van der Waals surface area contributed by atoms with Crippen LogP contribution in [0, 0.1) is 0 Å². The molecule has 0 saturated carbocycles. The molecule has 4 rings (SSSR count). The Morgan fingerprint density at radius 3 is 2.56 bits per heavy atom. The van der Waals surface area contributed by atoms with E-state index < -0.39 is 0 Å². The number of hydrogen-bond donors (Lipinski definition) is 2. The van der Waals surface area contributed by atoms with Gasteiger partial charge in [0.15, 0.2) is 5.96 Å². The normalized spacial score (nSPS) is 13.1. The van der Waals surface area contributed by atoms with Crippen LogP contribution in [0.4, 0.5) is 0 Å². The van der Waals surface area contributed by atoms with Gasteiger partial charge < -0.3 is 15.5 Å². The topological polar surface area (TPSA) is 74.6 Å². The third-order valence-corrected chi connectivity index (χ3v) is 6.02. The first-order valence-electron chi connectivity index (χ1n) is 11.6. The van der Waals surface area contributed by atoms with Crippen LogP contribution >= 0.6 is 24.0 Å². The molecule has 0 atom stereocenters. The summed E-state index contributed by atoms with van der Waals surface area (Å²) >= 11 is 0. The molecule has 0 fully saturated rings. The number of aromatic nitrogens is 2. The summed E-state index contributed by atoms with van der Waals surface area (Å²) in [5.74, 6) is 0.963. The number of halogens is 1. The second kappa shape index (κ2) is 13.1. The number of nitrogens with zero attached hydrogens (tertiary/aromatic N) is 4. The van der Waals surface area contributed by atoms with Crippen LogP contribution in [0.25, 0.3) is 0 Å². The molecule has 34 heavy (non-hydrogen) atoms. The first-order valence-corrected chi connectivity index (χ1v) is 11.6.